The van der Waals surface area contributed by atoms with Crippen molar-refractivity contribution < 1.29 is 27.5 Å². The second-order valence-electron chi connectivity index (χ2n) is 10.7. The molecule has 0 aliphatic heterocycles. The fourth-order valence-corrected chi connectivity index (χ4v) is 6.26. The van der Waals surface area contributed by atoms with Crippen LogP contribution in [0, 0.1) is 0 Å². The number of anilines is 1. The number of para-hydroxylation sites is 1. The van der Waals surface area contributed by atoms with Gasteiger partial charge in [0.1, 0.15) is 29.8 Å². The van der Waals surface area contributed by atoms with Crippen molar-refractivity contribution in [2.75, 3.05) is 18.0 Å². The molecule has 4 rings (SSSR count). The molecule has 0 aliphatic carbocycles. The number of ether oxygens (including phenoxy) is 2. The van der Waals surface area contributed by atoms with Gasteiger partial charge in [0.05, 0.1) is 17.7 Å². The van der Waals surface area contributed by atoms with Crippen LogP contribution in [0.1, 0.15) is 32.8 Å². The van der Waals surface area contributed by atoms with E-state index in [1.54, 1.807) is 67.8 Å². The minimum Gasteiger partial charge on any atom is -0.497 e. The zero-order chi connectivity index (χ0) is 32.4. The van der Waals surface area contributed by atoms with Crippen LogP contribution in [0.25, 0.3) is 0 Å². The highest BCUT2D eigenvalue weighted by Gasteiger charge is 2.34. The fraction of sp³-hybridized carbons (Fsp3) is 0.257. The van der Waals surface area contributed by atoms with Crippen LogP contribution in [0.3, 0.4) is 0 Å². The summed E-state index contributed by atoms with van der Waals surface area (Å²) in [6.45, 7) is 5.05. The molecule has 4 aromatic rings. The van der Waals surface area contributed by atoms with E-state index >= 15 is 0 Å². The number of methoxy groups -OCH3 is 1. The molecule has 0 bridgehead atoms. The average Bonchev–Trinajstić information content (AvgIpc) is 3.04. The molecule has 0 saturated heterocycles. The molecule has 0 radical (unpaired) electrons. The van der Waals surface area contributed by atoms with Crippen LogP contribution >= 0.6 is 0 Å². The Hall–Kier alpha value is -4.83. The molecule has 10 heteroatoms. The van der Waals surface area contributed by atoms with E-state index in [9.17, 15) is 18.0 Å². The van der Waals surface area contributed by atoms with E-state index in [1.807, 2.05) is 57.2 Å². The van der Waals surface area contributed by atoms with Crippen LogP contribution in [0.4, 0.5) is 5.69 Å². The third-order valence-electron chi connectivity index (χ3n) is 7.02. The lowest BCUT2D eigenvalue weighted by atomic mass is 10.1. The summed E-state index contributed by atoms with van der Waals surface area (Å²) in [6.07, 6.45) is 0.325. The predicted molar refractivity (Wildman–Crippen MR) is 175 cm³/mol. The number of sulfonamides is 1. The van der Waals surface area contributed by atoms with E-state index in [4.69, 9.17) is 9.47 Å². The molecule has 0 spiro atoms. The molecule has 0 aromatic heterocycles. The molecule has 1 N–H and O–H groups in total. The quantitative estimate of drug-likeness (QED) is 0.183. The number of hydrogen-bond acceptors (Lipinski definition) is 6. The Morgan fingerprint density at radius 2 is 1.40 bits per heavy atom. The molecule has 0 heterocycles. The second-order valence-corrected chi connectivity index (χ2v) is 12.6. The van der Waals surface area contributed by atoms with E-state index in [0.717, 1.165) is 9.87 Å². The third kappa shape index (κ3) is 8.63. The molecule has 236 valence electrons. The number of carbonyl (C=O) groups is 2. The fourth-order valence-electron chi connectivity index (χ4n) is 4.82. The van der Waals surface area contributed by atoms with Gasteiger partial charge in [-0.2, -0.15) is 0 Å². The number of rotatable bonds is 14. The summed E-state index contributed by atoms with van der Waals surface area (Å²) in [5, 5.41) is 2.90. The zero-order valence-corrected chi connectivity index (χ0v) is 26.7. The Morgan fingerprint density at radius 3 is 2.00 bits per heavy atom. The highest BCUT2D eigenvalue weighted by molar-refractivity contribution is 7.92. The Labute approximate surface area is 265 Å². The van der Waals surface area contributed by atoms with Gasteiger partial charge in [-0.3, -0.25) is 13.9 Å². The molecule has 9 nitrogen and oxygen atoms in total. The second kappa shape index (κ2) is 15.3. The monoisotopic (exact) mass is 629 g/mol. The first-order chi connectivity index (χ1) is 21.6. The molecule has 45 heavy (non-hydrogen) atoms. The SMILES string of the molecule is CCC(C(=O)NC(C)C)N(Cc1cccc(OC)c1)C(=O)CN(c1ccc(Oc2ccccc2)cc1)S(=O)(=O)c1ccccc1. The van der Waals surface area contributed by atoms with Gasteiger partial charge >= 0.3 is 0 Å². The Balaban J connectivity index is 1.72. The van der Waals surface area contributed by atoms with E-state index in [0.29, 0.717) is 23.7 Å². The van der Waals surface area contributed by atoms with Crippen molar-refractivity contribution in [2.45, 2.75) is 50.7 Å². The Bertz CT molecular complexity index is 1660. The van der Waals surface area contributed by atoms with Gasteiger partial charge in [-0.1, -0.05) is 55.5 Å². The summed E-state index contributed by atoms with van der Waals surface area (Å²) in [5.41, 5.74) is 1.01. The van der Waals surface area contributed by atoms with Crippen molar-refractivity contribution in [3.63, 3.8) is 0 Å². The minimum atomic E-state index is -4.19. The highest BCUT2D eigenvalue weighted by atomic mass is 32.2. The first-order valence-corrected chi connectivity index (χ1v) is 16.2. The van der Waals surface area contributed by atoms with Crippen molar-refractivity contribution >= 4 is 27.5 Å². The maximum Gasteiger partial charge on any atom is 0.264 e. The van der Waals surface area contributed by atoms with Crippen molar-refractivity contribution in [3.8, 4) is 17.2 Å². The van der Waals surface area contributed by atoms with Crippen LogP contribution in [0.5, 0.6) is 17.2 Å². The van der Waals surface area contributed by atoms with E-state index in [-0.39, 0.29) is 29.1 Å². The van der Waals surface area contributed by atoms with Gasteiger partial charge in [0.2, 0.25) is 11.8 Å². The predicted octanol–water partition coefficient (Wildman–Crippen LogP) is 6.01. The molecule has 0 saturated carbocycles. The van der Waals surface area contributed by atoms with Crippen molar-refractivity contribution in [1.82, 2.24) is 10.2 Å². The maximum atomic E-state index is 14.2. The summed E-state index contributed by atoms with van der Waals surface area (Å²) in [4.78, 5) is 29.0. The molecular formula is C35H39N3O6S. The molecule has 0 fully saturated rings. The smallest absolute Gasteiger partial charge is 0.264 e. The van der Waals surface area contributed by atoms with Gasteiger partial charge in [0.25, 0.3) is 10.0 Å². The summed E-state index contributed by atoms with van der Waals surface area (Å²) >= 11 is 0. The summed E-state index contributed by atoms with van der Waals surface area (Å²) in [5.74, 6) is 0.888. The maximum absolute atomic E-state index is 14.2. The highest BCUT2D eigenvalue weighted by Crippen LogP contribution is 2.29. The van der Waals surface area contributed by atoms with Gasteiger partial charge in [-0.15, -0.1) is 0 Å². The van der Waals surface area contributed by atoms with E-state index in [2.05, 4.69) is 5.32 Å². The van der Waals surface area contributed by atoms with Crippen LogP contribution in [0.15, 0.2) is 114 Å². The standard InChI is InChI=1S/C35H39N3O6S/c1-5-33(35(40)36-26(2)3)37(24-27-13-12-16-31(23-27)43-4)34(39)25-38(45(41,42)32-17-10-7-11-18-32)28-19-21-30(22-20-28)44-29-14-8-6-9-15-29/h6-23,26,33H,5,24-25H2,1-4H3,(H,36,40). The van der Waals surface area contributed by atoms with Crippen LogP contribution < -0.4 is 19.1 Å². The minimum absolute atomic E-state index is 0.0337. The van der Waals surface area contributed by atoms with Crippen LogP contribution in [0.2, 0.25) is 0 Å². The van der Waals surface area contributed by atoms with Gasteiger partial charge < -0.3 is 19.7 Å². The van der Waals surface area contributed by atoms with Gasteiger partial charge in [0.15, 0.2) is 0 Å². The normalized spacial score (nSPS) is 11.8. The lowest BCUT2D eigenvalue weighted by molar-refractivity contribution is -0.140. The van der Waals surface area contributed by atoms with E-state index < -0.39 is 28.5 Å². The Kier molecular flexibility index (Phi) is 11.2. The molecule has 2 amide bonds. The average molecular weight is 630 g/mol. The molecule has 1 unspecified atom stereocenters. The number of hydrogen-bond donors (Lipinski definition) is 1. The molecule has 0 aliphatic rings. The van der Waals surface area contributed by atoms with Gasteiger partial charge in [-0.05, 0) is 86.5 Å². The number of benzene rings is 4. The number of nitrogens with zero attached hydrogens (tertiary/aromatic N) is 2. The van der Waals surface area contributed by atoms with Crippen LogP contribution in [-0.4, -0.2) is 50.9 Å². The number of amides is 2. The first kappa shape index (κ1) is 33.1. The molecule has 4 aromatic carbocycles. The van der Waals surface area contributed by atoms with Crippen molar-refractivity contribution in [1.29, 1.82) is 0 Å². The summed E-state index contributed by atoms with van der Waals surface area (Å²) in [7, 11) is -2.63. The lowest BCUT2D eigenvalue weighted by Gasteiger charge is -2.33. The number of nitrogens with one attached hydrogen (secondary N) is 1. The zero-order valence-electron chi connectivity index (χ0n) is 25.9. The van der Waals surface area contributed by atoms with Crippen LogP contribution in [-0.2, 0) is 26.2 Å². The topological polar surface area (TPSA) is 105 Å². The molecule has 1 atom stereocenters. The van der Waals surface area contributed by atoms with Crippen molar-refractivity contribution in [3.05, 3.63) is 115 Å². The summed E-state index contributed by atoms with van der Waals surface area (Å²) in [6, 6.07) is 29.9. The first-order valence-electron chi connectivity index (χ1n) is 14.8. The number of carbonyl (C=O) groups excluding carboxylic acids is 2. The van der Waals surface area contributed by atoms with Crippen molar-refractivity contribution in [2.24, 2.45) is 0 Å². The van der Waals surface area contributed by atoms with Gasteiger partial charge in [0, 0.05) is 12.6 Å². The largest absolute Gasteiger partial charge is 0.497 e. The Morgan fingerprint density at radius 1 is 0.800 bits per heavy atom. The van der Waals surface area contributed by atoms with Gasteiger partial charge in [-0.25, -0.2) is 8.42 Å². The van der Waals surface area contributed by atoms with E-state index in [1.165, 1.54) is 17.0 Å². The molecular weight excluding hydrogens is 590 g/mol. The third-order valence-corrected chi connectivity index (χ3v) is 8.81. The lowest BCUT2D eigenvalue weighted by Crippen LogP contribution is -2.53. The summed E-state index contributed by atoms with van der Waals surface area (Å²) < 4.78 is 40.4.